The van der Waals surface area contributed by atoms with Crippen LogP contribution in [0.2, 0.25) is 0 Å². The van der Waals surface area contributed by atoms with E-state index in [0.29, 0.717) is 0 Å². The van der Waals surface area contributed by atoms with Gasteiger partial charge in [-0.05, 0) is 11.5 Å². The molecule has 6 nitrogen and oxygen atoms in total. The first-order chi connectivity index (χ1) is 8.95. The molecule has 1 aromatic heterocycles. The second kappa shape index (κ2) is 6.92. The number of aromatic nitrogens is 2. The Morgan fingerprint density at radius 2 is 1.50 bits per heavy atom. The van der Waals surface area contributed by atoms with Crippen LogP contribution in [0.25, 0.3) is 21.7 Å². The zero-order valence-electron chi connectivity index (χ0n) is 9.92. The fourth-order valence-electron chi connectivity index (χ4n) is 1.72. The summed E-state index contributed by atoms with van der Waals surface area (Å²) in [5.74, 6) is 0. The summed E-state index contributed by atoms with van der Waals surface area (Å²) >= 11 is 0. The first-order valence-corrected chi connectivity index (χ1v) is 6.44. The third kappa shape index (κ3) is 4.66. The first kappa shape index (κ1) is 16.7. The molecule has 8 heteroatoms. The van der Waals surface area contributed by atoms with Crippen molar-refractivity contribution in [2.24, 2.45) is 0 Å². The molecule has 20 heavy (non-hydrogen) atoms. The Morgan fingerprint density at radius 1 is 0.900 bits per heavy atom. The minimum atomic E-state index is -4.69. The average molecular weight is 337 g/mol. The van der Waals surface area contributed by atoms with Gasteiger partial charge < -0.3 is 0 Å². The molecule has 0 spiro atoms. The SMILES string of the molecule is [Fe].[O-][Cl+3]([O-])([O-])O.c1ccc2c(c1)ccc1ccnnc12. The normalized spacial score (nSPS) is 10.6. The molecule has 0 aliphatic carbocycles. The molecule has 0 fully saturated rings. The van der Waals surface area contributed by atoms with Crippen molar-refractivity contribution in [2.45, 2.75) is 0 Å². The summed E-state index contributed by atoms with van der Waals surface area (Å²) in [6, 6.07) is 14.4. The van der Waals surface area contributed by atoms with E-state index in [2.05, 4.69) is 34.5 Å². The molecule has 0 aliphatic heterocycles. The molecule has 1 N–H and O–H groups in total. The second-order valence-corrected chi connectivity index (χ2v) is 4.44. The number of fused-ring (bicyclic) bond motifs is 3. The van der Waals surface area contributed by atoms with Crippen molar-refractivity contribution in [3.63, 3.8) is 0 Å². The Labute approximate surface area is 126 Å². The largest absolute Gasteiger partial charge is 0.183 e. The van der Waals surface area contributed by atoms with E-state index in [9.17, 15) is 0 Å². The molecule has 0 amide bonds. The maximum absolute atomic E-state index is 8.60. The number of nitrogens with zero attached hydrogens (tertiary/aromatic N) is 2. The summed E-state index contributed by atoms with van der Waals surface area (Å²) in [6.45, 7) is 0. The quantitative estimate of drug-likeness (QED) is 0.401. The van der Waals surface area contributed by atoms with Crippen molar-refractivity contribution in [1.82, 2.24) is 10.2 Å². The molecule has 0 atom stereocenters. The van der Waals surface area contributed by atoms with Crippen LogP contribution >= 0.6 is 0 Å². The van der Waals surface area contributed by atoms with Gasteiger partial charge in [-0.2, -0.15) is 19.1 Å². The molecule has 0 bridgehead atoms. The summed E-state index contributed by atoms with van der Waals surface area (Å²) in [5.41, 5.74) is 0.977. The van der Waals surface area contributed by atoms with Gasteiger partial charge in [0, 0.05) is 27.8 Å². The van der Waals surface area contributed by atoms with Crippen LogP contribution in [0.5, 0.6) is 0 Å². The van der Waals surface area contributed by atoms with Crippen molar-refractivity contribution in [2.75, 3.05) is 0 Å². The first-order valence-electron chi connectivity index (χ1n) is 5.17. The Hall–Kier alpha value is -1.31. The van der Waals surface area contributed by atoms with Gasteiger partial charge in [0.05, 0.1) is 21.1 Å². The predicted molar refractivity (Wildman–Crippen MR) is 59.3 cm³/mol. The Kier molecular flexibility index (Phi) is 5.79. The Balaban J connectivity index is 0.000000293. The van der Waals surface area contributed by atoms with Gasteiger partial charge in [-0.25, -0.2) is 0 Å². The van der Waals surface area contributed by atoms with Crippen LogP contribution in [-0.4, -0.2) is 14.9 Å². The number of rotatable bonds is 0. The number of benzene rings is 2. The monoisotopic (exact) mass is 336 g/mol. The summed E-state index contributed by atoms with van der Waals surface area (Å²) in [6.07, 6.45) is 1.72. The summed E-state index contributed by atoms with van der Waals surface area (Å²) < 4.78 is 32.7. The van der Waals surface area contributed by atoms with Crippen molar-refractivity contribution >= 4 is 21.7 Å². The van der Waals surface area contributed by atoms with Gasteiger partial charge >= 0.3 is 0 Å². The summed E-state index contributed by atoms with van der Waals surface area (Å²) in [5, 5.41) is 11.6. The molecule has 1 heterocycles. The Bertz CT molecular complexity index is 645. The molecule has 2 aromatic carbocycles. The Morgan fingerprint density at radius 3 is 2.20 bits per heavy atom. The van der Waals surface area contributed by atoms with Crippen LogP contribution < -0.4 is 14.0 Å². The number of halogens is 1. The summed E-state index contributed by atoms with van der Waals surface area (Å²) in [7, 11) is -4.69. The van der Waals surface area contributed by atoms with Crippen LogP contribution in [0.4, 0.5) is 0 Å². The molecule has 3 aromatic rings. The van der Waals surface area contributed by atoms with Crippen molar-refractivity contribution in [3.8, 4) is 0 Å². The minimum Gasteiger partial charge on any atom is -0.183 e. The van der Waals surface area contributed by atoms with Gasteiger partial charge in [0.15, 0.2) is 0 Å². The topological polar surface area (TPSA) is 115 Å². The third-order valence-electron chi connectivity index (χ3n) is 2.41. The molecule has 0 saturated heterocycles. The van der Waals surface area contributed by atoms with E-state index in [4.69, 9.17) is 18.6 Å². The van der Waals surface area contributed by atoms with E-state index in [1.165, 1.54) is 5.39 Å². The van der Waals surface area contributed by atoms with Crippen molar-refractivity contribution in [3.05, 3.63) is 48.7 Å². The third-order valence-corrected chi connectivity index (χ3v) is 2.41. The maximum Gasteiger partial charge on any atom is 0.101 e. The zero-order chi connectivity index (χ0) is 13.9. The van der Waals surface area contributed by atoms with Gasteiger partial charge in [-0.3, -0.25) is 0 Å². The van der Waals surface area contributed by atoms with E-state index in [1.54, 1.807) is 6.20 Å². The number of hydrogen-bond acceptors (Lipinski definition) is 6. The van der Waals surface area contributed by atoms with Crippen molar-refractivity contribution in [1.29, 1.82) is 0 Å². The fourth-order valence-corrected chi connectivity index (χ4v) is 1.72. The molecule has 106 valence electrons. The molecular weight excluding hydrogens is 327 g/mol. The van der Waals surface area contributed by atoms with Crippen LogP contribution in [0.3, 0.4) is 0 Å². The predicted octanol–water partition coefficient (Wildman–Crippen LogP) is -1.34. The molecular formula is C12H9ClFeN2O4. The van der Waals surface area contributed by atoms with Gasteiger partial charge in [0.25, 0.3) is 0 Å². The molecule has 3 rings (SSSR count). The maximum atomic E-state index is 8.60. The molecule has 0 unspecified atom stereocenters. The summed E-state index contributed by atoms with van der Waals surface area (Å²) in [4.78, 5) is 0. The molecule has 0 aliphatic rings. The standard InChI is InChI=1S/C12H8N2.ClHO4.Fe/c1-2-4-11-9(3-1)5-6-10-7-8-13-14-12(10)11;2-1(3,4)5;/h1-8H;(H,2,3,4,5);. The van der Waals surface area contributed by atoms with Gasteiger partial charge in [0.1, 0.15) is 5.52 Å². The molecule has 0 radical (unpaired) electrons. The van der Waals surface area contributed by atoms with Crippen LogP contribution in [0, 0.1) is 10.2 Å². The van der Waals surface area contributed by atoms with Crippen LogP contribution in [0.15, 0.2) is 48.7 Å². The fraction of sp³-hybridized carbons (Fsp3) is 0. The van der Waals surface area contributed by atoms with Crippen molar-refractivity contribution < 1.29 is 45.9 Å². The van der Waals surface area contributed by atoms with E-state index >= 15 is 0 Å². The van der Waals surface area contributed by atoms with Crippen LogP contribution in [0.1, 0.15) is 0 Å². The van der Waals surface area contributed by atoms with Crippen LogP contribution in [-0.2, 0) is 17.1 Å². The van der Waals surface area contributed by atoms with Gasteiger partial charge in [-0.1, -0.05) is 36.4 Å². The minimum absolute atomic E-state index is 0. The van der Waals surface area contributed by atoms with E-state index in [0.717, 1.165) is 16.3 Å². The van der Waals surface area contributed by atoms with Gasteiger partial charge in [-0.15, -0.1) is 5.10 Å². The molecule has 0 saturated carbocycles. The number of hydrogen-bond donors (Lipinski definition) is 1. The van der Waals surface area contributed by atoms with E-state index < -0.39 is 10.2 Å². The van der Waals surface area contributed by atoms with E-state index in [1.807, 2.05) is 18.2 Å². The smallest absolute Gasteiger partial charge is 0.101 e. The zero-order valence-corrected chi connectivity index (χ0v) is 11.8. The average Bonchev–Trinajstić information content (AvgIpc) is 2.37. The van der Waals surface area contributed by atoms with Gasteiger partial charge in [0.2, 0.25) is 0 Å². The second-order valence-electron chi connectivity index (χ2n) is 3.65. The van der Waals surface area contributed by atoms with E-state index in [-0.39, 0.29) is 17.1 Å².